The minimum atomic E-state index is -2.87. The lowest BCUT2D eigenvalue weighted by Gasteiger charge is -2.18. The van der Waals surface area contributed by atoms with Crippen LogP contribution < -0.4 is 5.32 Å². The van der Waals surface area contributed by atoms with E-state index >= 15 is 0 Å². The molecule has 0 aliphatic carbocycles. The first-order chi connectivity index (χ1) is 8.44. The number of imidazole rings is 1. The summed E-state index contributed by atoms with van der Waals surface area (Å²) in [4.78, 5) is 4.34. The molecule has 5 nitrogen and oxygen atoms in total. The Morgan fingerprint density at radius 1 is 1.50 bits per heavy atom. The summed E-state index contributed by atoms with van der Waals surface area (Å²) in [5, 5.41) is 3.42. The molecule has 0 aromatic carbocycles. The normalized spacial score (nSPS) is 13.7. The first-order valence-electron chi connectivity index (χ1n) is 6.32. The van der Waals surface area contributed by atoms with Crippen LogP contribution in [0.5, 0.6) is 0 Å². The largest absolute Gasteiger partial charge is 0.337 e. The third-order valence-electron chi connectivity index (χ3n) is 2.82. The smallest absolute Gasteiger partial charge is 0.147 e. The predicted molar refractivity (Wildman–Crippen MR) is 73.2 cm³/mol. The molecule has 0 aliphatic heterocycles. The summed E-state index contributed by atoms with van der Waals surface area (Å²) >= 11 is 0. The second kappa shape index (κ2) is 6.89. The lowest BCUT2D eigenvalue weighted by molar-refractivity contribution is 0.460. The van der Waals surface area contributed by atoms with Crippen LogP contribution in [0.3, 0.4) is 0 Å². The highest BCUT2D eigenvalue weighted by Crippen LogP contribution is 2.16. The first kappa shape index (κ1) is 15.2. The summed E-state index contributed by atoms with van der Waals surface area (Å²) in [5.74, 6) is 1.21. The van der Waals surface area contributed by atoms with E-state index in [1.54, 1.807) is 6.20 Å². The maximum absolute atomic E-state index is 11.1. The summed E-state index contributed by atoms with van der Waals surface area (Å²) in [5.41, 5.74) is 0. The van der Waals surface area contributed by atoms with Gasteiger partial charge in [0.2, 0.25) is 0 Å². The van der Waals surface area contributed by atoms with Crippen LogP contribution in [-0.4, -0.2) is 36.5 Å². The molecule has 1 heterocycles. The number of rotatable bonds is 8. The van der Waals surface area contributed by atoms with Crippen molar-refractivity contribution in [3.63, 3.8) is 0 Å². The van der Waals surface area contributed by atoms with Gasteiger partial charge in [-0.25, -0.2) is 13.4 Å². The Balaban J connectivity index is 2.59. The molecule has 104 valence electrons. The fraction of sp³-hybridized carbons (Fsp3) is 0.750. The van der Waals surface area contributed by atoms with Crippen LogP contribution in [0, 0.1) is 0 Å². The van der Waals surface area contributed by atoms with Gasteiger partial charge in [0.25, 0.3) is 0 Å². The van der Waals surface area contributed by atoms with Crippen molar-refractivity contribution in [2.75, 3.05) is 18.6 Å². The van der Waals surface area contributed by atoms with Crippen molar-refractivity contribution < 1.29 is 8.42 Å². The van der Waals surface area contributed by atoms with Gasteiger partial charge in [-0.1, -0.05) is 6.92 Å². The van der Waals surface area contributed by atoms with E-state index in [0.717, 1.165) is 25.2 Å². The highest BCUT2D eigenvalue weighted by Gasteiger charge is 2.15. The molecule has 1 atom stereocenters. The quantitative estimate of drug-likeness (QED) is 0.775. The van der Waals surface area contributed by atoms with E-state index in [-0.39, 0.29) is 11.8 Å². The molecule has 1 N–H and O–H groups in total. The van der Waals surface area contributed by atoms with E-state index < -0.39 is 9.84 Å². The van der Waals surface area contributed by atoms with Crippen LogP contribution in [-0.2, 0) is 16.9 Å². The molecule has 1 unspecified atom stereocenters. The highest BCUT2D eigenvalue weighted by atomic mass is 32.2. The molecule has 0 radical (unpaired) electrons. The van der Waals surface area contributed by atoms with E-state index in [0.29, 0.717) is 6.42 Å². The predicted octanol–water partition coefficient (Wildman–Crippen LogP) is 1.29. The molecular weight excluding hydrogens is 250 g/mol. The average molecular weight is 273 g/mol. The van der Waals surface area contributed by atoms with Gasteiger partial charge in [-0.2, -0.15) is 0 Å². The molecule has 0 bridgehead atoms. The maximum Gasteiger partial charge on any atom is 0.147 e. The van der Waals surface area contributed by atoms with Crippen LogP contribution in [0.25, 0.3) is 0 Å². The van der Waals surface area contributed by atoms with Gasteiger partial charge in [0.05, 0.1) is 6.04 Å². The van der Waals surface area contributed by atoms with Crippen molar-refractivity contribution >= 4 is 9.84 Å². The monoisotopic (exact) mass is 273 g/mol. The Bertz CT molecular complexity index is 454. The van der Waals surface area contributed by atoms with Gasteiger partial charge >= 0.3 is 0 Å². The van der Waals surface area contributed by atoms with Crippen LogP contribution in [0.4, 0.5) is 0 Å². The van der Waals surface area contributed by atoms with Crippen molar-refractivity contribution in [2.45, 2.75) is 32.2 Å². The average Bonchev–Trinajstić information content (AvgIpc) is 2.68. The van der Waals surface area contributed by atoms with Crippen molar-refractivity contribution in [1.82, 2.24) is 14.9 Å². The molecule has 6 heteroatoms. The highest BCUT2D eigenvalue weighted by molar-refractivity contribution is 7.90. The molecule has 0 spiro atoms. The second-order valence-electron chi connectivity index (χ2n) is 4.68. The molecule has 18 heavy (non-hydrogen) atoms. The molecule has 0 saturated carbocycles. The van der Waals surface area contributed by atoms with Crippen molar-refractivity contribution in [3.8, 4) is 0 Å². The summed E-state index contributed by atoms with van der Waals surface area (Å²) in [6, 6.07) is 0.131. The number of aryl methyl sites for hydroxylation is 1. The summed E-state index contributed by atoms with van der Waals surface area (Å²) in [7, 11) is -0.916. The van der Waals surface area contributed by atoms with Gasteiger partial charge in [-0.3, -0.25) is 0 Å². The van der Waals surface area contributed by atoms with Gasteiger partial charge in [-0.05, 0) is 25.8 Å². The van der Waals surface area contributed by atoms with E-state index in [1.165, 1.54) is 6.26 Å². The molecule has 1 aromatic rings. The second-order valence-corrected chi connectivity index (χ2v) is 6.93. The number of sulfone groups is 1. The van der Waals surface area contributed by atoms with Crippen LogP contribution in [0.1, 0.15) is 38.1 Å². The fourth-order valence-electron chi connectivity index (χ4n) is 1.90. The van der Waals surface area contributed by atoms with Crippen LogP contribution >= 0.6 is 0 Å². The van der Waals surface area contributed by atoms with Gasteiger partial charge in [0, 0.05) is 31.4 Å². The molecule has 0 fully saturated rings. The summed E-state index contributed by atoms with van der Waals surface area (Å²) in [6.45, 7) is 3.02. The Morgan fingerprint density at radius 3 is 2.72 bits per heavy atom. The van der Waals surface area contributed by atoms with Crippen LogP contribution in [0.15, 0.2) is 12.4 Å². The molecular formula is C12H23N3O2S. The molecule has 0 aliphatic rings. The van der Waals surface area contributed by atoms with Gasteiger partial charge < -0.3 is 9.88 Å². The standard InChI is InChI=1S/C12H23N3O2S/c1-4-7-13-11(6-5-10-18(3,16)17)12-14-8-9-15(12)2/h8-9,11,13H,4-7,10H2,1-3H3. The Morgan fingerprint density at radius 2 is 2.22 bits per heavy atom. The zero-order valence-corrected chi connectivity index (χ0v) is 12.2. The van der Waals surface area contributed by atoms with Crippen molar-refractivity contribution in [3.05, 3.63) is 18.2 Å². The number of aromatic nitrogens is 2. The maximum atomic E-state index is 11.1. The third kappa shape index (κ3) is 5.18. The minimum absolute atomic E-state index is 0.131. The third-order valence-corrected chi connectivity index (χ3v) is 3.85. The lowest BCUT2D eigenvalue weighted by Crippen LogP contribution is -2.25. The summed E-state index contributed by atoms with van der Waals surface area (Å²) in [6.07, 6.45) is 7.46. The van der Waals surface area contributed by atoms with E-state index in [9.17, 15) is 8.42 Å². The molecule has 0 saturated heterocycles. The molecule has 1 aromatic heterocycles. The Hall–Kier alpha value is -0.880. The fourth-order valence-corrected chi connectivity index (χ4v) is 2.59. The first-order valence-corrected chi connectivity index (χ1v) is 8.38. The number of hydrogen-bond donors (Lipinski definition) is 1. The van der Waals surface area contributed by atoms with Crippen LogP contribution in [0.2, 0.25) is 0 Å². The SMILES string of the molecule is CCCNC(CCCS(C)(=O)=O)c1nccn1C. The lowest BCUT2D eigenvalue weighted by atomic mass is 10.1. The van der Waals surface area contributed by atoms with E-state index in [2.05, 4.69) is 17.2 Å². The van der Waals surface area contributed by atoms with Gasteiger partial charge in [-0.15, -0.1) is 0 Å². The zero-order valence-electron chi connectivity index (χ0n) is 11.4. The number of nitrogens with zero attached hydrogens (tertiary/aromatic N) is 2. The number of nitrogens with one attached hydrogen (secondary N) is 1. The topological polar surface area (TPSA) is 64.0 Å². The Kier molecular flexibility index (Phi) is 5.81. The van der Waals surface area contributed by atoms with Crippen molar-refractivity contribution in [2.24, 2.45) is 7.05 Å². The zero-order chi connectivity index (χ0) is 13.6. The van der Waals surface area contributed by atoms with E-state index in [1.807, 2.05) is 17.8 Å². The molecule has 1 rings (SSSR count). The Labute approximate surface area is 110 Å². The minimum Gasteiger partial charge on any atom is -0.337 e. The van der Waals surface area contributed by atoms with Gasteiger partial charge in [0.15, 0.2) is 0 Å². The van der Waals surface area contributed by atoms with Gasteiger partial charge in [0.1, 0.15) is 15.7 Å². The number of hydrogen-bond acceptors (Lipinski definition) is 4. The van der Waals surface area contributed by atoms with E-state index in [4.69, 9.17) is 0 Å². The summed E-state index contributed by atoms with van der Waals surface area (Å²) < 4.78 is 24.3. The molecule has 0 amide bonds. The van der Waals surface area contributed by atoms with Crippen molar-refractivity contribution in [1.29, 1.82) is 0 Å².